The summed E-state index contributed by atoms with van der Waals surface area (Å²) in [6.07, 6.45) is 4.39. The highest BCUT2D eigenvalue weighted by Crippen LogP contribution is 2.43. The van der Waals surface area contributed by atoms with Crippen LogP contribution in [0.25, 0.3) is 0 Å². The summed E-state index contributed by atoms with van der Waals surface area (Å²) in [4.78, 5) is 0. The molecule has 3 rings (SSSR count). The summed E-state index contributed by atoms with van der Waals surface area (Å²) in [7, 11) is 1.87. The molecule has 0 amide bonds. The minimum Gasteiger partial charge on any atom is -0.472 e. The van der Waals surface area contributed by atoms with E-state index in [1.54, 1.807) is 4.68 Å². The average Bonchev–Trinajstić information content (AvgIpc) is 3.11. The van der Waals surface area contributed by atoms with Crippen molar-refractivity contribution in [3.05, 3.63) is 46.6 Å². The third kappa shape index (κ3) is 2.36. The highest BCUT2D eigenvalue weighted by molar-refractivity contribution is 6.31. The number of hydrogen-bond acceptors (Lipinski definition) is 2. The Bertz CT molecular complexity index is 561. The summed E-state index contributed by atoms with van der Waals surface area (Å²) in [6.45, 7) is 0.489. The van der Waals surface area contributed by atoms with E-state index in [4.69, 9.17) is 16.3 Å². The van der Waals surface area contributed by atoms with Crippen LogP contribution in [-0.4, -0.2) is 9.78 Å². The van der Waals surface area contributed by atoms with Crippen molar-refractivity contribution in [3.8, 4) is 5.88 Å². The van der Waals surface area contributed by atoms with Gasteiger partial charge in [0.1, 0.15) is 6.61 Å². The molecule has 1 fully saturated rings. The van der Waals surface area contributed by atoms with Crippen molar-refractivity contribution in [3.63, 3.8) is 0 Å². The zero-order valence-corrected chi connectivity index (χ0v) is 11.0. The van der Waals surface area contributed by atoms with Crippen LogP contribution < -0.4 is 4.74 Å². The molecule has 0 saturated heterocycles. The van der Waals surface area contributed by atoms with E-state index in [9.17, 15) is 0 Å². The number of ether oxygens (including phenoxy) is 1. The van der Waals surface area contributed by atoms with E-state index in [0.29, 0.717) is 18.4 Å². The van der Waals surface area contributed by atoms with Crippen molar-refractivity contribution in [2.24, 2.45) is 7.05 Å². The summed E-state index contributed by atoms with van der Waals surface area (Å²) in [5.74, 6) is 1.31. The van der Waals surface area contributed by atoms with E-state index >= 15 is 0 Å². The first-order valence-corrected chi connectivity index (χ1v) is 6.51. The summed E-state index contributed by atoms with van der Waals surface area (Å²) < 4.78 is 7.42. The normalized spacial score (nSPS) is 14.8. The van der Waals surface area contributed by atoms with Crippen LogP contribution >= 0.6 is 11.6 Å². The van der Waals surface area contributed by atoms with Crippen LogP contribution in [0.5, 0.6) is 5.88 Å². The Hall–Kier alpha value is -1.48. The molecule has 1 aromatic carbocycles. The first-order valence-electron chi connectivity index (χ1n) is 6.14. The molecule has 1 aliphatic rings. The molecule has 2 aromatic rings. The first kappa shape index (κ1) is 11.6. The van der Waals surface area contributed by atoms with E-state index in [-0.39, 0.29) is 0 Å². The van der Waals surface area contributed by atoms with Gasteiger partial charge in [-0.15, -0.1) is 5.10 Å². The van der Waals surface area contributed by atoms with Crippen molar-refractivity contribution in [2.45, 2.75) is 25.4 Å². The van der Waals surface area contributed by atoms with Gasteiger partial charge in [0.2, 0.25) is 5.88 Å². The van der Waals surface area contributed by atoms with Gasteiger partial charge in [0.05, 0.1) is 0 Å². The van der Waals surface area contributed by atoms with Crippen LogP contribution in [0, 0.1) is 0 Å². The van der Waals surface area contributed by atoms with E-state index in [2.05, 4.69) is 11.2 Å². The number of benzene rings is 1. The molecule has 0 spiro atoms. The van der Waals surface area contributed by atoms with Crippen LogP contribution in [0.1, 0.15) is 29.9 Å². The van der Waals surface area contributed by atoms with Gasteiger partial charge in [-0.25, -0.2) is 0 Å². The highest BCUT2D eigenvalue weighted by Gasteiger charge is 2.26. The number of nitrogens with zero attached hydrogens (tertiary/aromatic N) is 2. The van der Waals surface area contributed by atoms with Gasteiger partial charge < -0.3 is 4.74 Å². The Morgan fingerprint density at radius 1 is 1.39 bits per heavy atom. The molecule has 18 heavy (non-hydrogen) atoms. The maximum atomic E-state index is 6.27. The molecule has 0 radical (unpaired) electrons. The number of hydrogen-bond donors (Lipinski definition) is 0. The molecular weight excluding hydrogens is 248 g/mol. The minimum atomic E-state index is 0.489. The lowest BCUT2D eigenvalue weighted by Gasteiger charge is -2.11. The Labute approximate surface area is 111 Å². The lowest BCUT2D eigenvalue weighted by atomic mass is 10.0. The number of rotatable bonds is 4. The van der Waals surface area contributed by atoms with E-state index in [1.807, 2.05) is 31.4 Å². The van der Waals surface area contributed by atoms with Crippen molar-refractivity contribution < 1.29 is 4.74 Å². The number of halogens is 1. The van der Waals surface area contributed by atoms with Crippen LogP contribution in [0.3, 0.4) is 0 Å². The van der Waals surface area contributed by atoms with Gasteiger partial charge in [-0.3, -0.25) is 4.68 Å². The Morgan fingerprint density at radius 2 is 2.22 bits per heavy atom. The number of aromatic nitrogens is 2. The Balaban J connectivity index is 1.79. The van der Waals surface area contributed by atoms with Gasteiger partial charge in [0, 0.05) is 29.9 Å². The van der Waals surface area contributed by atoms with Gasteiger partial charge in [-0.05, 0) is 30.4 Å². The van der Waals surface area contributed by atoms with Gasteiger partial charge >= 0.3 is 0 Å². The molecular formula is C14H15ClN2O. The van der Waals surface area contributed by atoms with Crippen molar-refractivity contribution in [2.75, 3.05) is 0 Å². The lowest BCUT2D eigenvalue weighted by molar-refractivity contribution is 0.290. The van der Waals surface area contributed by atoms with E-state index in [0.717, 1.165) is 10.6 Å². The van der Waals surface area contributed by atoms with E-state index < -0.39 is 0 Å². The molecule has 0 N–H and O–H groups in total. The second-order valence-corrected chi connectivity index (χ2v) is 5.11. The molecule has 4 heteroatoms. The largest absolute Gasteiger partial charge is 0.472 e. The molecule has 94 valence electrons. The molecule has 1 aliphatic carbocycles. The van der Waals surface area contributed by atoms with Crippen LogP contribution in [-0.2, 0) is 13.7 Å². The SMILES string of the molecule is Cn1ccc(OCc2c(Cl)cccc2C2CC2)n1. The molecule has 0 atom stereocenters. The van der Waals surface area contributed by atoms with Gasteiger partial charge in [-0.1, -0.05) is 23.7 Å². The molecule has 1 saturated carbocycles. The maximum Gasteiger partial charge on any atom is 0.233 e. The quantitative estimate of drug-likeness (QED) is 0.843. The molecule has 3 nitrogen and oxygen atoms in total. The first-order chi connectivity index (χ1) is 8.74. The fourth-order valence-corrected chi connectivity index (χ4v) is 2.36. The van der Waals surface area contributed by atoms with Crippen LogP contribution in [0.4, 0.5) is 0 Å². The van der Waals surface area contributed by atoms with E-state index in [1.165, 1.54) is 18.4 Å². The highest BCUT2D eigenvalue weighted by atomic mass is 35.5. The summed E-state index contributed by atoms with van der Waals surface area (Å²) >= 11 is 6.27. The second kappa shape index (κ2) is 4.65. The maximum absolute atomic E-state index is 6.27. The Kier molecular flexibility index (Phi) is 3.00. The van der Waals surface area contributed by atoms with Crippen molar-refractivity contribution >= 4 is 11.6 Å². The van der Waals surface area contributed by atoms with Gasteiger partial charge in [0.15, 0.2) is 0 Å². The molecule has 0 unspecified atom stereocenters. The zero-order valence-electron chi connectivity index (χ0n) is 10.3. The topological polar surface area (TPSA) is 27.1 Å². The summed E-state index contributed by atoms with van der Waals surface area (Å²) in [5.41, 5.74) is 2.44. The molecule has 1 aromatic heterocycles. The number of aryl methyl sites for hydroxylation is 1. The minimum absolute atomic E-state index is 0.489. The molecule has 0 aliphatic heterocycles. The summed E-state index contributed by atoms with van der Waals surface area (Å²) in [5, 5.41) is 4.98. The standard InChI is InChI=1S/C14H15ClN2O/c1-17-8-7-14(16-17)18-9-12-11(10-5-6-10)3-2-4-13(12)15/h2-4,7-8,10H,5-6,9H2,1H3. The van der Waals surface area contributed by atoms with Gasteiger partial charge in [-0.2, -0.15) is 0 Å². The van der Waals surface area contributed by atoms with Crippen LogP contribution in [0.2, 0.25) is 5.02 Å². The van der Waals surface area contributed by atoms with Crippen LogP contribution in [0.15, 0.2) is 30.5 Å². The van der Waals surface area contributed by atoms with Crippen molar-refractivity contribution in [1.29, 1.82) is 0 Å². The fourth-order valence-electron chi connectivity index (χ4n) is 2.12. The lowest BCUT2D eigenvalue weighted by Crippen LogP contribution is -2.01. The average molecular weight is 263 g/mol. The zero-order chi connectivity index (χ0) is 12.5. The smallest absolute Gasteiger partial charge is 0.233 e. The summed E-state index contributed by atoms with van der Waals surface area (Å²) in [6, 6.07) is 7.94. The molecule has 1 heterocycles. The predicted molar refractivity (Wildman–Crippen MR) is 71.0 cm³/mol. The monoisotopic (exact) mass is 262 g/mol. The Morgan fingerprint density at radius 3 is 2.89 bits per heavy atom. The van der Waals surface area contributed by atoms with Crippen molar-refractivity contribution in [1.82, 2.24) is 9.78 Å². The molecule has 0 bridgehead atoms. The second-order valence-electron chi connectivity index (χ2n) is 4.70. The third-order valence-electron chi connectivity index (χ3n) is 3.23. The fraction of sp³-hybridized carbons (Fsp3) is 0.357. The predicted octanol–water partition coefficient (Wildman–Crippen LogP) is 3.53. The van der Waals surface area contributed by atoms with Gasteiger partial charge in [0.25, 0.3) is 0 Å². The third-order valence-corrected chi connectivity index (χ3v) is 3.58.